The minimum Gasteiger partial charge on any atom is -0.494 e. The summed E-state index contributed by atoms with van der Waals surface area (Å²) in [6.07, 6.45) is -3.91. The number of aldehydes is 1. The summed E-state index contributed by atoms with van der Waals surface area (Å²) in [6, 6.07) is 7.63. The van der Waals surface area contributed by atoms with E-state index in [0.717, 1.165) is 12.1 Å². The minimum atomic E-state index is -4.44. The highest BCUT2D eigenvalue weighted by atomic mass is 19.4. The van der Waals surface area contributed by atoms with Gasteiger partial charge in [0.2, 0.25) is 0 Å². The van der Waals surface area contributed by atoms with E-state index in [1.54, 1.807) is 0 Å². The lowest BCUT2D eigenvalue weighted by Crippen LogP contribution is -2.05. The Morgan fingerprint density at radius 2 is 1.95 bits per heavy atom. The van der Waals surface area contributed by atoms with Crippen LogP contribution in [0.25, 0.3) is 11.3 Å². The molecule has 3 nitrogen and oxygen atoms in total. The number of ether oxygens (including phenoxy) is 1. The highest BCUT2D eigenvalue weighted by molar-refractivity contribution is 5.76. The van der Waals surface area contributed by atoms with Gasteiger partial charge in [-0.05, 0) is 24.3 Å². The van der Waals surface area contributed by atoms with E-state index in [1.807, 2.05) is 0 Å². The van der Waals surface area contributed by atoms with Crippen LogP contribution in [0.5, 0.6) is 5.75 Å². The van der Waals surface area contributed by atoms with E-state index in [-0.39, 0.29) is 17.0 Å². The van der Waals surface area contributed by atoms with E-state index in [4.69, 9.17) is 4.74 Å². The van der Waals surface area contributed by atoms with Gasteiger partial charge in [-0.2, -0.15) is 13.2 Å². The highest BCUT2D eigenvalue weighted by Crippen LogP contribution is 2.34. The Morgan fingerprint density at radius 1 is 1.20 bits per heavy atom. The Kier molecular flexibility index (Phi) is 3.74. The van der Waals surface area contributed by atoms with Gasteiger partial charge in [0.15, 0.2) is 6.29 Å². The molecular formula is C14H10F3NO2. The predicted molar refractivity (Wildman–Crippen MR) is 66.6 cm³/mol. The average Bonchev–Trinajstić information content (AvgIpc) is 2.45. The predicted octanol–water partition coefficient (Wildman–Crippen LogP) is 3.59. The second-order valence-corrected chi connectivity index (χ2v) is 3.98. The molecule has 0 saturated carbocycles. The van der Waals surface area contributed by atoms with Crippen LogP contribution in [0.2, 0.25) is 0 Å². The third-order valence-electron chi connectivity index (χ3n) is 2.68. The summed E-state index contributed by atoms with van der Waals surface area (Å²) >= 11 is 0. The summed E-state index contributed by atoms with van der Waals surface area (Å²) in [5, 5.41) is 0. The van der Waals surface area contributed by atoms with E-state index < -0.39 is 11.7 Å². The Labute approximate surface area is 113 Å². The third-order valence-corrected chi connectivity index (χ3v) is 2.68. The molecule has 0 amide bonds. The maximum atomic E-state index is 12.7. The molecule has 0 atom stereocenters. The first kappa shape index (κ1) is 14.0. The van der Waals surface area contributed by atoms with Crippen molar-refractivity contribution in [1.82, 2.24) is 4.98 Å². The van der Waals surface area contributed by atoms with Crippen molar-refractivity contribution in [2.45, 2.75) is 6.18 Å². The van der Waals surface area contributed by atoms with Gasteiger partial charge in [-0.15, -0.1) is 0 Å². The van der Waals surface area contributed by atoms with Crippen LogP contribution in [-0.4, -0.2) is 18.4 Å². The molecular weight excluding hydrogens is 271 g/mol. The molecule has 0 aliphatic carbocycles. The molecule has 2 rings (SSSR count). The fraction of sp³-hybridized carbons (Fsp3) is 0.143. The lowest BCUT2D eigenvalue weighted by atomic mass is 10.1. The maximum absolute atomic E-state index is 12.7. The molecule has 1 aromatic heterocycles. The number of carbonyl (C=O) groups is 1. The summed E-state index contributed by atoms with van der Waals surface area (Å²) in [5.74, 6) is 0.301. The summed E-state index contributed by atoms with van der Waals surface area (Å²) in [7, 11) is 1.38. The van der Waals surface area contributed by atoms with Gasteiger partial charge in [0.05, 0.1) is 12.7 Å². The smallest absolute Gasteiger partial charge is 0.416 e. The fourth-order valence-electron chi connectivity index (χ4n) is 1.74. The Bertz CT molecular complexity index is 639. The number of methoxy groups -OCH3 is 1. The standard InChI is InChI=1S/C14H10F3NO2/c1-20-12-6-5-11(8-19)18-13(12)9-3-2-4-10(7-9)14(15,16)17/h2-8H,1H3. The van der Waals surface area contributed by atoms with Crippen molar-refractivity contribution in [2.75, 3.05) is 7.11 Å². The number of alkyl halides is 3. The van der Waals surface area contributed by atoms with Crippen LogP contribution < -0.4 is 4.74 Å². The van der Waals surface area contributed by atoms with E-state index in [0.29, 0.717) is 12.0 Å². The SMILES string of the molecule is COc1ccc(C=O)nc1-c1cccc(C(F)(F)F)c1. The molecule has 104 valence electrons. The number of hydrogen-bond acceptors (Lipinski definition) is 3. The fourth-order valence-corrected chi connectivity index (χ4v) is 1.74. The van der Waals surface area contributed by atoms with Gasteiger partial charge in [0.1, 0.15) is 17.1 Å². The van der Waals surface area contributed by atoms with E-state index >= 15 is 0 Å². The molecule has 0 unspecified atom stereocenters. The van der Waals surface area contributed by atoms with Crippen LogP contribution in [0.4, 0.5) is 13.2 Å². The first-order valence-electron chi connectivity index (χ1n) is 5.63. The summed E-state index contributed by atoms with van der Waals surface area (Å²) in [6.45, 7) is 0. The lowest BCUT2D eigenvalue weighted by molar-refractivity contribution is -0.137. The molecule has 0 N–H and O–H groups in total. The van der Waals surface area contributed by atoms with Gasteiger partial charge in [0.25, 0.3) is 0 Å². The van der Waals surface area contributed by atoms with Gasteiger partial charge >= 0.3 is 6.18 Å². The molecule has 1 heterocycles. The van der Waals surface area contributed by atoms with Crippen molar-refractivity contribution in [1.29, 1.82) is 0 Å². The van der Waals surface area contributed by atoms with Gasteiger partial charge in [-0.1, -0.05) is 12.1 Å². The molecule has 0 aliphatic heterocycles. The van der Waals surface area contributed by atoms with Crippen LogP contribution in [0, 0.1) is 0 Å². The largest absolute Gasteiger partial charge is 0.494 e. The molecule has 0 radical (unpaired) electrons. The van der Waals surface area contributed by atoms with Gasteiger partial charge < -0.3 is 4.74 Å². The maximum Gasteiger partial charge on any atom is 0.416 e. The first-order valence-corrected chi connectivity index (χ1v) is 5.63. The molecule has 1 aromatic carbocycles. The van der Waals surface area contributed by atoms with Gasteiger partial charge in [0, 0.05) is 5.56 Å². The van der Waals surface area contributed by atoms with Crippen molar-refractivity contribution in [3.63, 3.8) is 0 Å². The highest BCUT2D eigenvalue weighted by Gasteiger charge is 2.30. The number of rotatable bonds is 3. The molecule has 0 fully saturated rings. The zero-order chi connectivity index (χ0) is 14.8. The molecule has 0 saturated heterocycles. The zero-order valence-electron chi connectivity index (χ0n) is 10.4. The summed E-state index contributed by atoms with van der Waals surface area (Å²) < 4.78 is 43.2. The summed E-state index contributed by atoms with van der Waals surface area (Å²) in [5.41, 5.74) is -0.225. The monoisotopic (exact) mass is 281 g/mol. The number of carbonyl (C=O) groups excluding carboxylic acids is 1. The second kappa shape index (κ2) is 5.32. The molecule has 0 spiro atoms. The molecule has 20 heavy (non-hydrogen) atoms. The van der Waals surface area contributed by atoms with Crippen molar-refractivity contribution in [2.24, 2.45) is 0 Å². The third kappa shape index (κ3) is 2.79. The number of halogens is 3. The van der Waals surface area contributed by atoms with Crippen molar-refractivity contribution >= 4 is 6.29 Å². The van der Waals surface area contributed by atoms with Crippen LogP contribution in [0.1, 0.15) is 16.1 Å². The van der Waals surface area contributed by atoms with Gasteiger partial charge in [-0.25, -0.2) is 4.98 Å². The van der Waals surface area contributed by atoms with Gasteiger partial charge in [-0.3, -0.25) is 4.79 Å². The second-order valence-electron chi connectivity index (χ2n) is 3.98. The average molecular weight is 281 g/mol. The Balaban J connectivity index is 2.58. The van der Waals surface area contributed by atoms with Crippen molar-refractivity contribution < 1.29 is 22.7 Å². The minimum absolute atomic E-state index is 0.123. The molecule has 0 bridgehead atoms. The first-order chi connectivity index (χ1) is 9.45. The number of benzene rings is 1. The van der Waals surface area contributed by atoms with E-state index in [2.05, 4.69) is 4.98 Å². The Morgan fingerprint density at radius 3 is 2.55 bits per heavy atom. The number of hydrogen-bond donors (Lipinski definition) is 0. The number of aromatic nitrogens is 1. The van der Waals surface area contributed by atoms with Crippen molar-refractivity contribution in [3.8, 4) is 17.0 Å². The molecule has 2 aromatic rings. The van der Waals surface area contributed by atoms with Crippen LogP contribution in [-0.2, 0) is 6.18 Å². The lowest BCUT2D eigenvalue weighted by Gasteiger charge is -2.11. The quantitative estimate of drug-likeness (QED) is 0.807. The Hall–Kier alpha value is -2.37. The van der Waals surface area contributed by atoms with E-state index in [9.17, 15) is 18.0 Å². The van der Waals surface area contributed by atoms with Crippen LogP contribution in [0.3, 0.4) is 0 Å². The molecule has 6 heteroatoms. The van der Waals surface area contributed by atoms with E-state index in [1.165, 1.54) is 31.4 Å². The topological polar surface area (TPSA) is 39.2 Å². The summed E-state index contributed by atoms with van der Waals surface area (Å²) in [4.78, 5) is 14.7. The number of nitrogens with zero attached hydrogens (tertiary/aromatic N) is 1. The van der Waals surface area contributed by atoms with Crippen LogP contribution in [0.15, 0.2) is 36.4 Å². The zero-order valence-corrected chi connectivity index (χ0v) is 10.4. The molecule has 0 aliphatic rings. The van der Waals surface area contributed by atoms with Crippen molar-refractivity contribution in [3.05, 3.63) is 47.7 Å². The number of pyridine rings is 1. The van der Waals surface area contributed by atoms with Crippen LogP contribution >= 0.6 is 0 Å². The normalized spacial score (nSPS) is 11.2.